The molecule has 0 spiro atoms. The maximum absolute atomic E-state index is 11.9. The number of rotatable bonds is 7. The highest BCUT2D eigenvalue weighted by Crippen LogP contribution is 2.24. The molecule has 1 heterocycles. The Morgan fingerprint density at radius 2 is 1.91 bits per heavy atom. The molecule has 0 aromatic heterocycles. The van der Waals surface area contributed by atoms with E-state index in [0.29, 0.717) is 6.04 Å². The fraction of sp³-hybridized carbons (Fsp3) is 0.625. The number of benzene rings is 1. The largest absolute Gasteiger partial charge is 0.384 e. The molecule has 1 N–H and O–H groups in total. The van der Waals surface area contributed by atoms with Crippen LogP contribution in [0.3, 0.4) is 0 Å². The number of piperidine rings is 1. The molecule has 1 saturated heterocycles. The summed E-state index contributed by atoms with van der Waals surface area (Å²) in [6, 6.07) is 10.8. The number of nitrogens with zero attached hydrogens (tertiary/aromatic N) is 1. The van der Waals surface area contributed by atoms with Crippen LogP contribution in [0.2, 0.25) is 0 Å². The number of methoxy groups -OCH3 is 1. The van der Waals surface area contributed by atoms with Gasteiger partial charge in [-0.2, -0.15) is 0 Å². The van der Waals surface area contributed by atoms with Gasteiger partial charge in [-0.3, -0.25) is 4.90 Å². The van der Waals surface area contributed by atoms with E-state index >= 15 is 0 Å². The quantitative estimate of drug-likeness (QED) is 0.830. The molecule has 6 heteroatoms. The second-order valence-corrected chi connectivity index (χ2v) is 7.70. The third kappa shape index (κ3) is 5.05. The van der Waals surface area contributed by atoms with Gasteiger partial charge in [0.1, 0.15) is 0 Å². The van der Waals surface area contributed by atoms with E-state index in [-0.39, 0.29) is 18.4 Å². The van der Waals surface area contributed by atoms with Crippen LogP contribution in [-0.4, -0.2) is 51.9 Å². The summed E-state index contributed by atoms with van der Waals surface area (Å²) in [6.07, 6.45) is 1.70. The second-order valence-electron chi connectivity index (χ2n) is 5.83. The van der Waals surface area contributed by atoms with Gasteiger partial charge < -0.3 is 4.74 Å². The highest BCUT2D eigenvalue weighted by Gasteiger charge is 2.26. The number of hydrogen-bond acceptors (Lipinski definition) is 4. The van der Waals surface area contributed by atoms with Gasteiger partial charge in [-0.15, -0.1) is 0 Å². The molecule has 0 bridgehead atoms. The summed E-state index contributed by atoms with van der Waals surface area (Å²) in [7, 11) is -1.71. The van der Waals surface area contributed by atoms with Gasteiger partial charge in [-0.05, 0) is 25.3 Å². The number of likely N-dealkylation sites (tertiary alicyclic amines) is 1. The van der Waals surface area contributed by atoms with E-state index in [1.54, 1.807) is 0 Å². The zero-order valence-corrected chi connectivity index (χ0v) is 14.2. The minimum atomic E-state index is -3.23. The van der Waals surface area contributed by atoms with Crippen LogP contribution in [0.25, 0.3) is 0 Å². The van der Waals surface area contributed by atoms with Crippen molar-refractivity contribution in [1.29, 1.82) is 0 Å². The van der Waals surface area contributed by atoms with Crippen LogP contribution in [0.1, 0.15) is 31.4 Å². The number of nitrogens with one attached hydrogen (secondary N) is 1. The van der Waals surface area contributed by atoms with Gasteiger partial charge in [0.25, 0.3) is 0 Å². The summed E-state index contributed by atoms with van der Waals surface area (Å²) in [6.45, 7) is 4.26. The topological polar surface area (TPSA) is 58.6 Å². The van der Waals surface area contributed by atoms with E-state index in [1.807, 2.05) is 6.07 Å². The van der Waals surface area contributed by atoms with Crippen molar-refractivity contribution in [2.45, 2.75) is 31.8 Å². The summed E-state index contributed by atoms with van der Waals surface area (Å²) >= 11 is 0. The van der Waals surface area contributed by atoms with E-state index in [0.717, 1.165) is 25.9 Å². The van der Waals surface area contributed by atoms with Crippen LogP contribution in [0.4, 0.5) is 0 Å². The van der Waals surface area contributed by atoms with Crippen LogP contribution < -0.4 is 4.72 Å². The summed E-state index contributed by atoms with van der Waals surface area (Å²) in [4.78, 5) is 2.41. The molecule has 22 heavy (non-hydrogen) atoms. The fourth-order valence-electron chi connectivity index (χ4n) is 2.85. The van der Waals surface area contributed by atoms with Crippen molar-refractivity contribution >= 4 is 10.0 Å². The van der Waals surface area contributed by atoms with Crippen LogP contribution >= 0.6 is 0 Å². The molecule has 1 aliphatic rings. The van der Waals surface area contributed by atoms with Gasteiger partial charge in [0.05, 0.1) is 12.4 Å². The molecule has 0 unspecified atom stereocenters. The minimum Gasteiger partial charge on any atom is -0.384 e. The van der Waals surface area contributed by atoms with Crippen molar-refractivity contribution in [3.05, 3.63) is 35.9 Å². The molecule has 5 nitrogen and oxygen atoms in total. The monoisotopic (exact) mass is 326 g/mol. The standard InChI is InChI=1S/C16H26N2O3S/c1-14(15-6-4-3-5-7-15)18-10-8-16(9-11-18)17-22(19,20)13-12-21-2/h3-7,14,16-17H,8-13H2,1-2H3/t14-/m0/s1. The van der Waals surface area contributed by atoms with Crippen LogP contribution in [-0.2, 0) is 14.8 Å². The first-order valence-electron chi connectivity index (χ1n) is 7.80. The third-order valence-electron chi connectivity index (χ3n) is 4.26. The third-order valence-corrected chi connectivity index (χ3v) is 5.66. The fourth-order valence-corrected chi connectivity index (χ4v) is 4.10. The average Bonchev–Trinajstić information content (AvgIpc) is 2.53. The lowest BCUT2D eigenvalue weighted by Gasteiger charge is -2.36. The molecular formula is C16H26N2O3S. The molecular weight excluding hydrogens is 300 g/mol. The maximum atomic E-state index is 11.9. The van der Waals surface area contributed by atoms with Crippen molar-refractivity contribution in [3.8, 4) is 0 Å². The first-order valence-corrected chi connectivity index (χ1v) is 9.45. The highest BCUT2D eigenvalue weighted by molar-refractivity contribution is 7.89. The molecule has 0 amide bonds. The molecule has 0 saturated carbocycles. The Morgan fingerprint density at radius 1 is 1.27 bits per heavy atom. The van der Waals surface area contributed by atoms with E-state index in [4.69, 9.17) is 4.74 Å². The van der Waals surface area contributed by atoms with Gasteiger partial charge in [0, 0.05) is 32.3 Å². The molecule has 1 aromatic rings. The lowest BCUT2D eigenvalue weighted by molar-refractivity contribution is 0.159. The van der Waals surface area contributed by atoms with Crippen LogP contribution in [0.15, 0.2) is 30.3 Å². The number of sulfonamides is 1. The molecule has 1 fully saturated rings. The van der Waals surface area contributed by atoms with Crippen molar-refractivity contribution in [2.75, 3.05) is 32.6 Å². The SMILES string of the molecule is COCCS(=O)(=O)NC1CCN([C@@H](C)c2ccccc2)CC1. The zero-order chi connectivity index (χ0) is 16.0. The summed E-state index contributed by atoms with van der Waals surface area (Å²) in [5, 5.41) is 0. The highest BCUT2D eigenvalue weighted by atomic mass is 32.2. The van der Waals surface area contributed by atoms with Gasteiger partial charge in [0.2, 0.25) is 10.0 Å². The molecule has 0 aliphatic carbocycles. The minimum absolute atomic E-state index is 0.0319. The lowest BCUT2D eigenvalue weighted by atomic mass is 10.0. The Balaban J connectivity index is 1.83. The smallest absolute Gasteiger partial charge is 0.214 e. The Morgan fingerprint density at radius 3 is 2.50 bits per heavy atom. The second kappa shape index (κ2) is 8.06. The van der Waals surface area contributed by atoms with E-state index in [2.05, 4.69) is 40.8 Å². The van der Waals surface area contributed by atoms with Gasteiger partial charge in [-0.1, -0.05) is 30.3 Å². The Hall–Kier alpha value is -0.950. The maximum Gasteiger partial charge on any atom is 0.214 e. The Labute approximate surface area is 133 Å². The predicted octanol–water partition coefficient (Wildman–Crippen LogP) is 1.78. The van der Waals surface area contributed by atoms with Crippen LogP contribution in [0.5, 0.6) is 0 Å². The zero-order valence-electron chi connectivity index (χ0n) is 13.4. The first-order chi connectivity index (χ1) is 10.5. The molecule has 1 aromatic carbocycles. The van der Waals surface area contributed by atoms with Crippen molar-refractivity contribution in [2.24, 2.45) is 0 Å². The molecule has 124 valence electrons. The average molecular weight is 326 g/mol. The van der Waals surface area contributed by atoms with Crippen LogP contribution in [0, 0.1) is 0 Å². The van der Waals surface area contributed by atoms with Crippen molar-refractivity contribution < 1.29 is 13.2 Å². The molecule has 2 rings (SSSR count). The summed E-state index contributed by atoms with van der Waals surface area (Å²) in [5.74, 6) is 0.0319. The Bertz CT molecular complexity index is 540. The van der Waals surface area contributed by atoms with Gasteiger partial charge in [0.15, 0.2) is 0 Å². The molecule has 1 aliphatic heterocycles. The normalized spacial score (nSPS) is 19.2. The van der Waals surface area contributed by atoms with E-state index in [9.17, 15) is 8.42 Å². The van der Waals surface area contributed by atoms with Crippen molar-refractivity contribution in [1.82, 2.24) is 9.62 Å². The van der Waals surface area contributed by atoms with E-state index < -0.39 is 10.0 Å². The predicted molar refractivity (Wildman–Crippen MR) is 88.3 cm³/mol. The molecule has 1 atom stereocenters. The molecule has 0 radical (unpaired) electrons. The van der Waals surface area contributed by atoms with Gasteiger partial charge >= 0.3 is 0 Å². The Kier molecular flexibility index (Phi) is 6.37. The lowest BCUT2D eigenvalue weighted by Crippen LogP contribution is -2.46. The van der Waals surface area contributed by atoms with E-state index in [1.165, 1.54) is 12.7 Å². The first kappa shape index (κ1) is 17.4. The number of hydrogen-bond donors (Lipinski definition) is 1. The van der Waals surface area contributed by atoms with Gasteiger partial charge in [-0.25, -0.2) is 13.1 Å². The number of ether oxygens (including phenoxy) is 1. The van der Waals surface area contributed by atoms with Crippen molar-refractivity contribution in [3.63, 3.8) is 0 Å². The summed E-state index contributed by atoms with van der Waals surface area (Å²) in [5.41, 5.74) is 1.31. The summed E-state index contributed by atoms with van der Waals surface area (Å²) < 4.78 is 31.4.